The van der Waals surface area contributed by atoms with Gasteiger partial charge < -0.3 is 10.2 Å². The Morgan fingerprint density at radius 1 is 1.17 bits per heavy atom. The van der Waals surface area contributed by atoms with Crippen LogP contribution in [0.2, 0.25) is 0 Å². The number of nitrogens with one attached hydrogen (secondary N) is 1. The number of piperazine rings is 1. The Bertz CT molecular complexity index is 687. The maximum absolute atomic E-state index is 9.18. The second kappa shape index (κ2) is 7.03. The molecule has 0 radical (unpaired) electrons. The molecule has 2 aromatic heterocycles. The monoisotopic (exact) mass is 309 g/mol. The van der Waals surface area contributed by atoms with E-state index in [0.29, 0.717) is 11.4 Å². The molecule has 1 saturated heterocycles. The number of nitrogens with zero attached hydrogens (tertiary/aromatic N) is 6. The number of nitriles is 1. The number of aromatic nitrogens is 3. The standard InChI is InChI=1S/C16H19N7/c1-18-15-14(10-17)9-13(11-21-15)12-22-5-7-23(8-6-22)16-19-3-2-4-20-16/h2-4,9,11H,5-8,12H2,1H3,(H,18,21). The summed E-state index contributed by atoms with van der Waals surface area (Å²) < 4.78 is 0. The van der Waals surface area contributed by atoms with Gasteiger partial charge in [-0.2, -0.15) is 5.26 Å². The number of hydrogen-bond donors (Lipinski definition) is 1. The molecule has 1 N–H and O–H groups in total. The molecule has 1 aliphatic heterocycles. The van der Waals surface area contributed by atoms with Crippen molar-refractivity contribution < 1.29 is 0 Å². The Labute approximate surface area is 135 Å². The minimum absolute atomic E-state index is 0.585. The van der Waals surface area contributed by atoms with Gasteiger partial charge in [-0.05, 0) is 17.7 Å². The van der Waals surface area contributed by atoms with Gasteiger partial charge in [0.15, 0.2) is 0 Å². The Morgan fingerprint density at radius 3 is 2.57 bits per heavy atom. The van der Waals surface area contributed by atoms with Gasteiger partial charge >= 0.3 is 0 Å². The number of pyridine rings is 1. The fraction of sp³-hybridized carbons (Fsp3) is 0.375. The molecular weight excluding hydrogens is 290 g/mol. The molecule has 0 spiro atoms. The molecule has 2 aromatic rings. The van der Waals surface area contributed by atoms with Gasteiger partial charge in [-0.1, -0.05) is 0 Å². The van der Waals surface area contributed by atoms with E-state index in [-0.39, 0.29) is 0 Å². The van der Waals surface area contributed by atoms with Crippen molar-refractivity contribution in [1.29, 1.82) is 5.26 Å². The van der Waals surface area contributed by atoms with Crippen LogP contribution >= 0.6 is 0 Å². The molecule has 3 heterocycles. The van der Waals surface area contributed by atoms with Gasteiger partial charge in [0, 0.05) is 58.4 Å². The summed E-state index contributed by atoms with van der Waals surface area (Å²) in [5, 5.41) is 12.1. The van der Waals surface area contributed by atoms with E-state index in [4.69, 9.17) is 0 Å². The van der Waals surface area contributed by atoms with Crippen molar-refractivity contribution in [2.24, 2.45) is 0 Å². The molecule has 0 aromatic carbocycles. The van der Waals surface area contributed by atoms with Crippen LogP contribution in [0.25, 0.3) is 0 Å². The number of anilines is 2. The van der Waals surface area contributed by atoms with E-state index in [2.05, 4.69) is 36.1 Å². The minimum atomic E-state index is 0.585. The van der Waals surface area contributed by atoms with E-state index in [1.165, 1.54) is 0 Å². The van der Waals surface area contributed by atoms with Crippen LogP contribution in [0.1, 0.15) is 11.1 Å². The molecule has 7 heteroatoms. The first-order valence-electron chi connectivity index (χ1n) is 7.61. The molecule has 0 aliphatic carbocycles. The van der Waals surface area contributed by atoms with E-state index in [1.807, 2.05) is 18.3 Å². The molecule has 118 valence electrons. The molecule has 1 fully saturated rings. The molecule has 7 nitrogen and oxygen atoms in total. The zero-order valence-corrected chi connectivity index (χ0v) is 13.1. The van der Waals surface area contributed by atoms with E-state index < -0.39 is 0 Å². The van der Waals surface area contributed by atoms with Crippen molar-refractivity contribution in [3.8, 4) is 6.07 Å². The Hall–Kier alpha value is -2.72. The van der Waals surface area contributed by atoms with E-state index >= 15 is 0 Å². The fourth-order valence-corrected chi connectivity index (χ4v) is 2.70. The molecular formula is C16H19N7. The summed E-state index contributed by atoms with van der Waals surface area (Å²) in [6.07, 6.45) is 5.37. The lowest BCUT2D eigenvalue weighted by Crippen LogP contribution is -2.46. The highest BCUT2D eigenvalue weighted by Gasteiger charge is 2.19. The summed E-state index contributed by atoms with van der Waals surface area (Å²) in [6, 6.07) is 5.92. The highest BCUT2D eigenvalue weighted by atomic mass is 15.3. The van der Waals surface area contributed by atoms with Crippen LogP contribution in [0.4, 0.5) is 11.8 Å². The van der Waals surface area contributed by atoms with Gasteiger partial charge in [0.2, 0.25) is 5.95 Å². The Morgan fingerprint density at radius 2 is 1.91 bits per heavy atom. The van der Waals surface area contributed by atoms with Gasteiger partial charge in [0.25, 0.3) is 0 Å². The molecule has 0 amide bonds. The Kier molecular flexibility index (Phi) is 4.64. The van der Waals surface area contributed by atoms with Crippen molar-refractivity contribution in [1.82, 2.24) is 19.9 Å². The summed E-state index contributed by atoms with van der Waals surface area (Å²) in [7, 11) is 1.77. The van der Waals surface area contributed by atoms with Crippen molar-refractivity contribution in [3.05, 3.63) is 41.9 Å². The maximum atomic E-state index is 9.18. The third-order valence-corrected chi connectivity index (χ3v) is 3.92. The third kappa shape index (κ3) is 3.55. The quantitative estimate of drug-likeness (QED) is 0.906. The first-order valence-corrected chi connectivity index (χ1v) is 7.61. The minimum Gasteiger partial charge on any atom is -0.372 e. The van der Waals surface area contributed by atoms with Crippen molar-refractivity contribution in [2.75, 3.05) is 43.4 Å². The first kappa shape index (κ1) is 15.2. The number of hydrogen-bond acceptors (Lipinski definition) is 7. The molecule has 0 bridgehead atoms. The number of rotatable bonds is 4. The lowest BCUT2D eigenvalue weighted by molar-refractivity contribution is 0.248. The lowest BCUT2D eigenvalue weighted by atomic mass is 10.1. The van der Waals surface area contributed by atoms with Crippen LogP contribution in [0, 0.1) is 11.3 Å². The van der Waals surface area contributed by atoms with Crippen LogP contribution in [0.15, 0.2) is 30.7 Å². The fourth-order valence-electron chi connectivity index (χ4n) is 2.70. The average Bonchev–Trinajstić information content (AvgIpc) is 2.63. The summed E-state index contributed by atoms with van der Waals surface area (Å²) >= 11 is 0. The van der Waals surface area contributed by atoms with Crippen LogP contribution in [0.3, 0.4) is 0 Å². The maximum Gasteiger partial charge on any atom is 0.225 e. The highest BCUT2D eigenvalue weighted by molar-refractivity contribution is 5.52. The van der Waals surface area contributed by atoms with E-state index in [9.17, 15) is 5.26 Å². The van der Waals surface area contributed by atoms with Gasteiger partial charge in [0.05, 0.1) is 5.56 Å². The smallest absolute Gasteiger partial charge is 0.225 e. The zero-order chi connectivity index (χ0) is 16.1. The summed E-state index contributed by atoms with van der Waals surface area (Å²) in [5.41, 5.74) is 1.64. The highest BCUT2D eigenvalue weighted by Crippen LogP contribution is 2.16. The van der Waals surface area contributed by atoms with Crippen molar-refractivity contribution in [3.63, 3.8) is 0 Å². The second-order valence-electron chi connectivity index (χ2n) is 5.41. The average molecular weight is 309 g/mol. The second-order valence-corrected chi connectivity index (χ2v) is 5.41. The van der Waals surface area contributed by atoms with Crippen LogP contribution in [0.5, 0.6) is 0 Å². The van der Waals surface area contributed by atoms with Gasteiger partial charge in [0.1, 0.15) is 11.9 Å². The van der Waals surface area contributed by atoms with Gasteiger partial charge in [-0.25, -0.2) is 15.0 Å². The van der Waals surface area contributed by atoms with Crippen molar-refractivity contribution in [2.45, 2.75) is 6.54 Å². The largest absolute Gasteiger partial charge is 0.372 e. The van der Waals surface area contributed by atoms with Gasteiger partial charge in [-0.3, -0.25) is 4.90 Å². The normalized spacial score (nSPS) is 15.2. The topological polar surface area (TPSA) is 81.0 Å². The van der Waals surface area contributed by atoms with E-state index in [0.717, 1.165) is 44.2 Å². The summed E-state index contributed by atoms with van der Waals surface area (Å²) in [5.74, 6) is 1.42. The lowest BCUT2D eigenvalue weighted by Gasteiger charge is -2.34. The van der Waals surface area contributed by atoms with Crippen LogP contribution in [-0.4, -0.2) is 53.1 Å². The van der Waals surface area contributed by atoms with Gasteiger partial charge in [-0.15, -0.1) is 0 Å². The van der Waals surface area contributed by atoms with Crippen molar-refractivity contribution >= 4 is 11.8 Å². The third-order valence-electron chi connectivity index (χ3n) is 3.92. The zero-order valence-electron chi connectivity index (χ0n) is 13.1. The first-order chi connectivity index (χ1) is 11.3. The van der Waals surface area contributed by atoms with Crippen LogP contribution < -0.4 is 10.2 Å². The molecule has 0 saturated carbocycles. The molecule has 3 rings (SSSR count). The predicted molar refractivity (Wildman–Crippen MR) is 88.0 cm³/mol. The summed E-state index contributed by atoms with van der Waals surface area (Å²) in [6.45, 7) is 4.48. The molecule has 0 unspecified atom stereocenters. The Balaban J connectivity index is 1.60. The van der Waals surface area contributed by atoms with Crippen LogP contribution in [-0.2, 0) is 6.54 Å². The molecule has 0 atom stereocenters. The predicted octanol–water partition coefficient (Wildman–Crippen LogP) is 1.11. The van der Waals surface area contributed by atoms with E-state index in [1.54, 1.807) is 19.4 Å². The SMILES string of the molecule is CNc1ncc(CN2CCN(c3ncccn3)CC2)cc1C#N. The summed E-state index contributed by atoms with van der Waals surface area (Å²) in [4.78, 5) is 17.5. The molecule has 23 heavy (non-hydrogen) atoms. The molecule has 1 aliphatic rings.